The summed E-state index contributed by atoms with van der Waals surface area (Å²) in [5.41, 5.74) is 4.62. The Morgan fingerprint density at radius 1 is 1.20 bits per heavy atom. The van der Waals surface area contributed by atoms with Gasteiger partial charge in [0.1, 0.15) is 5.75 Å². The highest BCUT2D eigenvalue weighted by Gasteiger charge is 2.29. The number of anilines is 1. The SMILES string of the molecule is C[C@H](NC(=O)Nc1ccc2c(c1)CN(C)C2)[C@@H]1COc2ccccc21. The number of carbonyl (C=O) groups excluding carboxylic acids is 1. The van der Waals surface area contributed by atoms with E-state index in [0.717, 1.165) is 30.1 Å². The van der Waals surface area contributed by atoms with Gasteiger partial charge in [-0.15, -0.1) is 0 Å². The van der Waals surface area contributed by atoms with Crippen LogP contribution in [0.25, 0.3) is 0 Å². The molecule has 2 aromatic carbocycles. The van der Waals surface area contributed by atoms with E-state index in [-0.39, 0.29) is 18.0 Å². The highest BCUT2D eigenvalue weighted by atomic mass is 16.5. The van der Waals surface area contributed by atoms with Gasteiger partial charge in [0.05, 0.1) is 6.61 Å². The van der Waals surface area contributed by atoms with Gasteiger partial charge in [0.2, 0.25) is 0 Å². The molecule has 2 amide bonds. The van der Waals surface area contributed by atoms with Gasteiger partial charge in [-0.25, -0.2) is 4.79 Å². The molecule has 25 heavy (non-hydrogen) atoms. The van der Waals surface area contributed by atoms with Gasteiger partial charge in [0.25, 0.3) is 0 Å². The Labute approximate surface area is 148 Å². The molecule has 2 N–H and O–H groups in total. The van der Waals surface area contributed by atoms with Crippen LogP contribution in [0.1, 0.15) is 29.5 Å². The molecule has 2 aliphatic rings. The first kappa shape index (κ1) is 16.0. The third-order valence-corrected chi connectivity index (χ3v) is 5.04. The molecule has 2 atom stereocenters. The fraction of sp³-hybridized carbons (Fsp3) is 0.350. The molecule has 0 unspecified atom stereocenters. The summed E-state index contributed by atoms with van der Waals surface area (Å²) in [6, 6.07) is 14.0. The van der Waals surface area contributed by atoms with E-state index in [1.165, 1.54) is 11.1 Å². The topological polar surface area (TPSA) is 53.6 Å². The highest BCUT2D eigenvalue weighted by molar-refractivity contribution is 5.89. The van der Waals surface area contributed by atoms with E-state index in [2.05, 4.69) is 40.8 Å². The summed E-state index contributed by atoms with van der Waals surface area (Å²) in [5.74, 6) is 1.10. The Morgan fingerprint density at radius 2 is 2.00 bits per heavy atom. The molecule has 2 aliphatic heterocycles. The molecule has 5 heteroatoms. The van der Waals surface area contributed by atoms with Gasteiger partial charge in [0, 0.05) is 36.3 Å². The zero-order valence-electron chi connectivity index (χ0n) is 14.6. The van der Waals surface area contributed by atoms with Crippen LogP contribution in [-0.4, -0.2) is 30.6 Å². The molecule has 5 nitrogen and oxygen atoms in total. The predicted molar refractivity (Wildman–Crippen MR) is 97.9 cm³/mol. The van der Waals surface area contributed by atoms with Crippen molar-refractivity contribution in [1.82, 2.24) is 10.2 Å². The number of ether oxygens (including phenoxy) is 1. The first-order valence-corrected chi connectivity index (χ1v) is 8.70. The van der Waals surface area contributed by atoms with Crippen molar-refractivity contribution in [3.05, 3.63) is 59.2 Å². The lowest BCUT2D eigenvalue weighted by Crippen LogP contribution is -2.40. The minimum atomic E-state index is -0.178. The van der Waals surface area contributed by atoms with Crippen molar-refractivity contribution in [3.63, 3.8) is 0 Å². The highest BCUT2D eigenvalue weighted by Crippen LogP contribution is 2.35. The van der Waals surface area contributed by atoms with Crippen molar-refractivity contribution in [2.45, 2.75) is 32.0 Å². The van der Waals surface area contributed by atoms with Gasteiger partial charge in [-0.1, -0.05) is 24.3 Å². The van der Waals surface area contributed by atoms with Crippen LogP contribution in [0.3, 0.4) is 0 Å². The molecule has 0 saturated carbocycles. The number of nitrogens with one attached hydrogen (secondary N) is 2. The Bertz CT molecular complexity index is 805. The lowest BCUT2D eigenvalue weighted by Gasteiger charge is -2.20. The summed E-state index contributed by atoms with van der Waals surface area (Å²) >= 11 is 0. The summed E-state index contributed by atoms with van der Waals surface area (Å²) < 4.78 is 5.72. The number of hydrogen-bond acceptors (Lipinski definition) is 3. The van der Waals surface area contributed by atoms with E-state index in [9.17, 15) is 4.79 Å². The van der Waals surface area contributed by atoms with Crippen LogP contribution in [0, 0.1) is 0 Å². The first-order chi connectivity index (χ1) is 12.1. The summed E-state index contributed by atoms with van der Waals surface area (Å²) in [5, 5.41) is 6.00. The van der Waals surface area contributed by atoms with E-state index < -0.39 is 0 Å². The molecule has 0 spiro atoms. The number of amides is 2. The van der Waals surface area contributed by atoms with Crippen LogP contribution >= 0.6 is 0 Å². The number of hydrogen-bond donors (Lipinski definition) is 2. The van der Waals surface area contributed by atoms with Crippen molar-refractivity contribution < 1.29 is 9.53 Å². The summed E-state index contributed by atoms with van der Waals surface area (Å²) in [7, 11) is 2.10. The Kier molecular flexibility index (Phi) is 4.09. The van der Waals surface area contributed by atoms with Crippen molar-refractivity contribution >= 4 is 11.7 Å². The first-order valence-electron chi connectivity index (χ1n) is 8.70. The normalized spacial score (nSPS) is 19.7. The van der Waals surface area contributed by atoms with E-state index in [1.54, 1.807) is 0 Å². The second-order valence-corrected chi connectivity index (χ2v) is 7.00. The summed E-state index contributed by atoms with van der Waals surface area (Å²) in [6.45, 7) is 4.53. The van der Waals surface area contributed by atoms with Crippen molar-refractivity contribution in [2.75, 3.05) is 19.0 Å². The monoisotopic (exact) mass is 337 g/mol. The standard InChI is InChI=1S/C20H23N3O2/c1-13(18-12-25-19-6-4-3-5-17(18)19)21-20(24)22-16-8-7-14-10-23(2)11-15(14)9-16/h3-9,13,18H,10-12H2,1-2H3,(H2,21,22,24)/t13-,18-/m0/s1. The van der Waals surface area contributed by atoms with E-state index >= 15 is 0 Å². The molecular formula is C20H23N3O2. The number of rotatable bonds is 3. The van der Waals surface area contributed by atoms with E-state index in [1.807, 2.05) is 31.2 Å². The van der Waals surface area contributed by atoms with Crippen molar-refractivity contribution in [3.8, 4) is 5.75 Å². The molecular weight excluding hydrogens is 314 g/mol. The maximum Gasteiger partial charge on any atom is 0.319 e. The number of benzene rings is 2. The molecule has 0 radical (unpaired) electrons. The van der Waals surface area contributed by atoms with Gasteiger partial charge in [-0.3, -0.25) is 4.90 Å². The Hall–Kier alpha value is -2.53. The molecule has 2 aromatic rings. The average Bonchev–Trinajstić information content (AvgIpc) is 3.16. The number of carbonyl (C=O) groups is 1. The van der Waals surface area contributed by atoms with Gasteiger partial charge in [-0.05, 0) is 43.3 Å². The molecule has 0 fully saturated rings. The Balaban J connectivity index is 1.39. The molecule has 4 rings (SSSR count). The molecule has 0 bridgehead atoms. The smallest absolute Gasteiger partial charge is 0.319 e. The maximum absolute atomic E-state index is 12.4. The molecule has 0 saturated heterocycles. The third kappa shape index (κ3) is 3.20. The minimum absolute atomic E-state index is 0.00999. The number of para-hydroxylation sites is 1. The molecule has 0 aromatic heterocycles. The number of nitrogens with zero attached hydrogens (tertiary/aromatic N) is 1. The summed E-state index contributed by atoms with van der Waals surface area (Å²) in [6.07, 6.45) is 0. The van der Waals surface area contributed by atoms with Crippen LogP contribution in [0.2, 0.25) is 0 Å². The lowest BCUT2D eigenvalue weighted by atomic mass is 9.94. The average molecular weight is 337 g/mol. The van der Waals surface area contributed by atoms with Gasteiger partial charge in [0.15, 0.2) is 0 Å². The molecule has 0 aliphatic carbocycles. The van der Waals surface area contributed by atoms with Crippen LogP contribution in [0.5, 0.6) is 5.75 Å². The zero-order chi connectivity index (χ0) is 17.4. The van der Waals surface area contributed by atoms with E-state index in [0.29, 0.717) is 6.61 Å². The zero-order valence-corrected chi connectivity index (χ0v) is 14.6. The molecule has 130 valence electrons. The fourth-order valence-corrected chi connectivity index (χ4v) is 3.72. The van der Waals surface area contributed by atoms with Crippen LogP contribution in [-0.2, 0) is 13.1 Å². The third-order valence-electron chi connectivity index (χ3n) is 5.04. The fourth-order valence-electron chi connectivity index (χ4n) is 3.72. The second-order valence-electron chi connectivity index (χ2n) is 7.00. The van der Waals surface area contributed by atoms with Crippen LogP contribution < -0.4 is 15.4 Å². The Morgan fingerprint density at radius 3 is 2.88 bits per heavy atom. The number of urea groups is 1. The predicted octanol–water partition coefficient (Wildman–Crippen LogP) is 3.32. The second kappa shape index (κ2) is 6.41. The lowest BCUT2D eigenvalue weighted by molar-refractivity contribution is 0.244. The minimum Gasteiger partial charge on any atom is -0.493 e. The largest absolute Gasteiger partial charge is 0.493 e. The molecule has 2 heterocycles. The van der Waals surface area contributed by atoms with Crippen LogP contribution in [0.15, 0.2) is 42.5 Å². The van der Waals surface area contributed by atoms with E-state index in [4.69, 9.17) is 4.74 Å². The maximum atomic E-state index is 12.4. The van der Waals surface area contributed by atoms with Gasteiger partial charge >= 0.3 is 6.03 Å². The van der Waals surface area contributed by atoms with Gasteiger partial charge in [-0.2, -0.15) is 0 Å². The van der Waals surface area contributed by atoms with Gasteiger partial charge < -0.3 is 15.4 Å². The van der Waals surface area contributed by atoms with Crippen LogP contribution in [0.4, 0.5) is 10.5 Å². The summed E-state index contributed by atoms with van der Waals surface area (Å²) in [4.78, 5) is 14.6. The quantitative estimate of drug-likeness (QED) is 0.903. The van der Waals surface area contributed by atoms with Crippen molar-refractivity contribution in [1.29, 1.82) is 0 Å². The van der Waals surface area contributed by atoms with Crippen molar-refractivity contribution in [2.24, 2.45) is 0 Å². The number of fused-ring (bicyclic) bond motifs is 2.